The van der Waals surface area contributed by atoms with Gasteiger partial charge in [-0.3, -0.25) is 4.79 Å². The molecule has 1 aliphatic heterocycles. The van der Waals surface area contributed by atoms with Crippen molar-refractivity contribution in [1.82, 2.24) is 9.80 Å². The summed E-state index contributed by atoms with van der Waals surface area (Å²) in [4.78, 5) is 27.2. The first-order chi connectivity index (χ1) is 10.7. The van der Waals surface area contributed by atoms with Crippen LogP contribution in [0.3, 0.4) is 0 Å². The van der Waals surface area contributed by atoms with Gasteiger partial charge in [-0.15, -0.1) is 0 Å². The number of amides is 3. The van der Waals surface area contributed by atoms with E-state index in [1.165, 1.54) is 17.6 Å². The summed E-state index contributed by atoms with van der Waals surface area (Å²) in [6.45, 7) is 10.2. The highest BCUT2D eigenvalue weighted by Gasteiger charge is 2.29. The van der Waals surface area contributed by atoms with Crippen molar-refractivity contribution in [2.45, 2.75) is 53.0 Å². The number of allylic oxidation sites excluding steroid dienone is 3. The van der Waals surface area contributed by atoms with Crippen LogP contribution in [-0.4, -0.2) is 47.4 Å². The molecule has 128 valence electrons. The summed E-state index contributed by atoms with van der Waals surface area (Å²) in [6.07, 6.45) is 7.19. The number of hydrogen-bond acceptors (Lipinski definition) is 2. The average molecular weight is 319 g/mol. The zero-order chi connectivity index (χ0) is 17.2. The monoisotopic (exact) mass is 319 g/mol. The van der Waals surface area contributed by atoms with Crippen molar-refractivity contribution in [3.05, 3.63) is 23.3 Å². The van der Waals surface area contributed by atoms with Gasteiger partial charge < -0.3 is 15.5 Å². The lowest BCUT2D eigenvalue weighted by Gasteiger charge is -2.38. The number of nitrogens with zero attached hydrogens (tertiary/aromatic N) is 2. The van der Waals surface area contributed by atoms with E-state index < -0.39 is 6.03 Å². The summed E-state index contributed by atoms with van der Waals surface area (Å²) < 4.78 is 0. The number of nitrogens with two attached hydrogens (primary N) is 1. The Morgan fingerprint density at radius 2 is 2.00 bits per heavy atom. The van der Waals surface area contributed by atoms with Crippen molar-refractivity contribution in [2.75, 3.05) is 19.6 Å². The van der Waals surface area contributed by atoms with Gasteiger partial charge in [-0.2, -0.15) is 0 Å². The molecule has 1 aliphatic carbocycles. The highest BCUT2D eigenvalue weighted by Crippen LogP contribution is 2.40. The summed E-state index contributed by atoms with van der Waals surface area (Å²) in [5.41, 5.74) is 8.16. The first-order valence-electron chi connectivity index (χ1n) is 8.45. The second-order valence-electron chi connectivity index (χ2n) is 7.43. The standard InChI is InChI=1S/C18H29N3O2/c1-13-6-5-9-18(3,4)15(13)7-8-16(22)20-10-11-21(17(19)23)14(2)12-20/h7-8,14H,5-6,9-12H2,1-4H3,(H2,19,23)/t14-/m1/s1. The summed E-state index contributed by atoms with van der Waals surface area (Å²) in [5.74, 6) is 0.0163. The summed E-state index contributed by atoms with van der Waals surface area (Å²) in [5, 5.41) is 0. The molecule has 0 aromatic rings. The molecule has 0 radical (unpaired) electrons. The van der Waals surface area contributed by atoms with Crippen molar-refractivity contribution in [2.24, 2.45) is 11.1 Å². The van der Waals surface area contributed by atoms with Crippen LogP contribution in [0.4, 0.5) is 4.79 Å². The number of urea groups is 1. The van der Waals surface area contributed by atoms with Crippen LogP contribution in [0.2, 0.25) is 0 Å². The molecule has 2 aliphatic rings. The zero-order valence-corrected chi connectivity index (χ0v) is 14.8. The fraction of sp³-hybridized carbons (Fsp3) is 0.667. The summed E-state index contributed by atoms with van der Waals surface area (Å²) in [7, 11) is 0. The molecule has 1 saturated heterocycles. The van der Waals surface area contributed by atoms with Crippen LogP contribution in [0.5, 0.6) is 0 Å². The Labute approximate surface area is 139 Å². The van der Waals surface area contributed by atoms with Crippen LogP contribution in [0.1, 0.15) is 47.0 Å². The van der Waals surface area contributed by atoms with Gasteiger partial charge in [0.1, 0.15) is 0 Å². The Balaban J connectivity index is 2.04. The van der Waals surface area contributed by atoms with Crippen LogP contribution >= 0.6 is 0 Å². The van der Waals surface area contributed by atoms with Gasteiger partial charge in [0, 0.05) is 31.8 Å². The molecule has 5 nitrogen and oxygen atoms in total. The van der Waals surface area contributed by atoms with Crippen LogP contribution < -0.4 is 5.73 Å². The number of hydrogen-bond donors (Lipinski definition) is 1. The number of carbonyl (C=O) groups excluding carboxylic acids is 2. The maximum absolute atomic E-state index is 12.5. The molecule has 2 rings (SSSR count). The third kappa shape index (κ3) is 3.95. The molecule has 1 atom stereocenters. The van der Waals surface area contributed by atoms with Crippen LogP contribution in [0.15, 0.2) is 23.3 Å². The maximum atomic E-state index is 12.5. The Morgan fingerprint density at radius 3 is 2.57 bits per heavy atom. The van der Waals surface area contributed by atoms with E-state index in [-0.39, 0.29) is 17.4 Å². The number of carbonyl (C=O) groups is 2. The van der Waals surface area contributed by atoms with Gasteiger partial charge in [-0.05, 0) is 44.1 Å². The minimum Gasteiger partial charge on any atom is -0.351 e. The van der Waals surface area contributed by atoms with E-state index in [9.17, 15) is 9.59 Å². The number of piperazine rings is 1. The van der Waals surface area contributed by atoms with E-state index in [1.54, 1.807) is 15.9 Å². The third-order valence-corrected chi connectivity index (χ3v) is 5.16. The molecule has 0 spiro atoms. The Bertz CT molecular complexity index is 548. The second kappa shape index (κ2) is 6.77. The van der Waals surface area contributed by atoms with E-state index in [1.807, 2.05) is 13.0 Å². The number of primary amides is 1. The normalized spacial score (nSPS) is 25.1. The highest BCUT2D eigenvalue weighted by atomic mass is 16.2. The van der Waals surface area contributed by atoms with Gasteiger partial charge in [0.25, 0.3) is 0 Å². The Morgan fingerprint density at radius 1 is 1.30 bits per heavy atom. The van der Waals surface area contributed by atoms with Gasteiger partial charge in [0.05, 0.1) is 0 Å². The smallest absolute Gasteiger partial charge is 0.315 e. The third-order valence-electron chi connectivity index (χ3n) is 5.16. The van der Waals surface area contributed by atoms with Crippen LogP contribution in [0.25, 0.3) is 0 Å². The number of rotatable bonds is 2. The van der Waals surface area contributed by atoms with Gasteiger partial charge in [0.2, 0.25) is 5.91 Å². The topological polar surface area (TPSA) is 66.6 Å². The van der Waals surface area contributed by atoms with E-state index >= 15 is 0 Å². The average Bonchev–Trinajstić information content (AvgIpc) is 2.45. The molecule has 2 N–H and O–H groups in total. The van der Waals surface area contributed by atoms with Crippen molar-refractivity contribution in [3.63, 3.8) is 0 Å². The predicted molar refractivity (Wildman–Crippen MR) is 91.8 cm³/mol. The van der Waals surface area contributed by atoms with Crippen molar-refractivity contribution in [3.8, 4) is 0 Å². The van der Waals surface area contributed by atoms with E-state index in [2.05, 4.69) is 20.8 Å². The van der Waals surface area contributed by atoms with E-state index in [0.717, 1.165) is 12.8 Å². The summed E-state index contributed by atoms with van der Waals surface area (Å²) in [6, 6.07) is -0.449. The fourth-order valence-electron chi connectivity index (χ4n) is 3.76. The van der Waals surface area contributed by atoms with Gasteiger partial charge in [0.15, 0.2) is 0 Å². The largest absolute Gasteiger partial charge is 0.351 e. The lowest BCUT2D eigenvalue weighted by Crippen LogP contribution is -2.56. The second-order valence-corrected chi connectivity index (χ2v) is 7.43. The fourth-order valence-corrected chi connectivity index (χ4v) is 3.76. The van der Waals surface area contributed by atoms with Gasteiger partial charge in [-0.1, -0.05) is 25.5 Å². The van der Waals surface area contributed by atoms with E-state index in [0.29, 0.717) is 19.6 Å². The van der Waals surface area contributed by atoms with Crippen molar-refractivity contribution < 1.29 is 9.59 Å². The van der Waals surface area contributed by atoms with Crippen molar-refractivity contribution >= 4 is 11.9 Å². The van der Waals surface area contributed by atoms with Gasteiger partial charge >= 0.3 is 6.03 Å². The molecule has 0 saturated carbocycles. The minimum absolute atomic E-state index is 0.0163. The molecule has 0 bridgehead atoms. The molecule has 3 amide bonds. The molecule has 0 aromatic heterocycles. The Hall–Kier alpha value is -1.78. The maximum Gasteiger partial charge on any atom is 0.315 e. The lowest BCUT2D eigenvalue weighted by atomic mass is 9.72. The quantitative estimate of drug-likeness (QED) is 0.795. The molecule has 0 unspecified atom stereocenters. The van der Waals surface area contributed by atoms with Crippen LogP contribution in [0, 0.1) is 5.41 Å². The SMILES string of the molecule is CC1=C(C=CC(=O)N2CCN(C(N)=O)[C@H](C)C2)C(C)(C)CCC1. The first kappa shape index (κ1) is 17.6. The Kier molecular flexibility index (Phi) is 5.17. The lowest BCUT2D eigenvalue weighted by molar-refractivity contribution is -0.128. The molecule has 5 heteroatoms. The van der Waals surface area contributed by atoms with E-state index in [4.69, 9.17) is 5.73 Å². The molecular weight excluding hydrogens is 290 g/mol. The molecular formula is C18H29N3O2. The molecule has 0 aromatic carbocycles. The zero-order valence-electron chi connectivity index (χ0n) is 14.8. The highest BCUT2D eigenvalue weighted by molar-refractivity contribution is 5.88. The van der Waals surface area contributed by atoms with Gasteiger partial charge in [-0.25, -0.2) is 4.79 Å². The summed E-state index contributed by atoms with van der Waals surface area (Å²) >= 11 is 0. The van der Waals surface area contributed by atoms with Crippen LogP contribution in [-0.2, 0) is 4.79 Å². The van der Waals surface area contributed by atoms with Crippen molar-refractivity contribution in [1.29, 1.82) is 0 Å². The molecule has 1 heterocycles. The molecule has 23 heavy (non-hydrogen) atoms. The predicted octanol–water partition coefficient (Wildman–Crippen LogP) is 2.68. The minimum atomic E-state index is -0.412. The first-order valence-corrected chi connectivity index (χ1v) is 8.45. The molecule has 1 fully saturated rings.